The van der Waals surface area contributed by atoms with Crippen LogP contribution < -0.4 is 4.90 Å². The van der Waals surface area contributed by atoms with E-state index < -0.39 is 52.8 Å². The van der Waals surface area contributed by atoms with E-state index in [-0.39, 0.29) is 49.8 Å². The Kier molecular flexibility index (Phi) is 7.64. The number of benzene rings is 4. The molecule has 252 valence electrons. The number of carbonyl (C=O) groups excluding carboxylic acids is 4. The highest BCUT2D eigenvalue weighted by molar-refractivity contribution is 6.32. The lowest BCUT2D eigenvalue weighted by atomic mass is 9.49. The van der Waals surface area contributed by atoms with Gasteiger partial charge >= 0.3 is 5.97 Å². The molecule has 4 amide bonds. The predicted molar refractivity (Wildman–Crippen MR) is 185 cm³/mol. The smallest absolute Gasteiger partial charge is 0.303 e. The first-order valence-corrected chi connectivity index (χ1v) is 17.2. The van der Waals surface area contributed by atoms with Crippen LogP contribution in [0, 0.1) is 23.7 Å². The summed E-state index contributed by atoms with van der Waals surface area (Å²) in [6.07, 6.45) is 2.37. The van der Waals surface area contributed by atoms with E-state index in [2.05, 4.69) is 0 Å². The molecule has 0 aromatic heterocycles. The molecule has 10 heteroatoms. The van der Waals surface area contributed by atoms with Crippen molar-refractivity contribution in [3.63, 3.8) is 0 Å². The lowest BCUT2D eigenvalue weighted by Gasteiger charge is -2.51. The fourth-order valence-corrected chi connectivity index (χ4v) is 9.51. The molecule has 4 aromatic rings. The summed E-state index contributed by atoms with van der Waals surface area (Å²) in [6, 6.07) is 26.7. The summed E-state index contributed by atoms with van der Waals surface area (Å²) in [5.74, 6) is -6.09. The molecule has 4 aliphatic rings. The van der Waals surface area contributed by atoms with E-state index in [4.69, 9.17) is 11.6 Å². The molecule has 2 heterocycles. The number of phenolic OH excluding ortho intramolecular Hbond substituents is 1. The maximum atomic E-state index is 15.4. The van der Waals surface area contributed by atoms with Crippen LogP contribution in [0.15, 0.2) is 103 Å². The van der Waals surface area contributed by atoms with Gasteiger partial charge in [0, 0.05) is 29.3 Å². The van der Waals surface area contributed by atoms with Crippen molar-refractivity contribution in [3.05, 3.63) is 119 Å². The maximum Gasteiger partial charge on any atom is 0.303 e. The summed E-state index contributed by atoms with van der Waals surface area (Å²) in [5, 5.41) is 21.8. The van der Waals surface area contributed by atoms with Crippen LogP contribution >= 0.6 is 11.6 Å². The minimum absolute atomic E-state index is 0.00237. The van der Waals surface area contributed by atoms with Gasteiger partial charge in [0.2, 0.25) is 23.6 Å². The van der Waals surface area contributed by atoms with Gasteiger partial charge in [-0.15, -0.1) is 0 Å². The van der Waals surface area contributed by atoms with E-state index >= 15 is 4.79 Å². The third-order valence-electron chi connectivity index (χ3n) is 11.3. The number of amides is 4. The van der Waals surface area contributed by atoms with Crippen molar-refractivity contribution in [2.24, 2.45) is 23.7 Å². The lowest BCUT2D eigenvalue weighted by Crippen LogP contribution is -2.53. The molecule has 50 heavy (non-hydrogen) atoms. The molecule has 9 nitrogen and oxygen atoms in total. The summed E-state index contributed by atoms with van der Waals surface area (Å²) >= 11 is 6.40. The number of hydrogen-bond acceptors (Lipinski definition) is 6. The van der Waals surface area contributed by atoms with Gasteiger partial charge in [0.15, 0.2) is 0 Å². The molecular formula is C40H33ClN2O7. The minimum atomic E-state index is -1.44. The quantitative estimate of drug-likeness (QED) is 0.174. The van der Waals surface area contributed by atoms with E-state index in [1.807, 2.05) is 54.6 Å². The second-order valence-electron chi connectivity index (χ2n) is 13.6. The Morgan fingerprint density at radius 1 is 0.840 bits per heavy atom. The number of phenols is 1. The van der Waals surface area contributed by atoms with Crippen molar-refractivity contribution in [1.82, 2.24) is 4.90 Å². The molecule has 4 aromatic carbocycles. The largest absolute Gasteiger partial charge is 0.507 e. The Morgan fingerprint density at radius 2 is 1.58 bits per heavy atom. The summed E-state index contributed by atoms with van der Waals surface area (Å²) in [6.45, 7) is 0.00237. The maximum absolute atomic E-state index is 15.4. The topological polar surface area (TPSA) is 132 Å². The molecule has 2 aliphatic heterocycles. The summed E-state index contributed by atoms with van der Waals surface area (Å²) in [5.41, 5.74) is 1.09. The number of imide groups is 2. The Bertz CT molecular complexity index is 2150. The average Bonchev–Trinajstić information content (AvgIpc) is 3.49. The SMILES string of the molecule is O=C(O)CCCN1C(=O)C2CC=C3C(CC4C(=O)N(c5cccc(Cl)c5)C(=O)C4(c4ccccc4)C3c3ccc(O)c4ccccc34)C2C1=O. The molecule has 6 unspecified atom stereocenters. The van der Waals surface area contributed by atoms with Crippen LogP contribution in [0.5, 0.6) is 5.75 Å². The molecule has 1 saturated carbocycles. The molecular weight excluding hydrogens is 656 g/mol. The van der Waals surface area contributed by atoms with Gasteiger partial charge in [-0.3, -0.25) is 28.9 Å². The molecule has 2 aliphatic carbocycles. The van der Waals surface area contributed by atoms with E-state index in [0.29, 0.717) is 27.0 Å². The van der Waals surface area contributed by atoms with E-state index in [1.54, 1.807) is 42.5 Å². The van der Waals surface area contributed by atoms with Crippen molar-refractivity contribution < 1.29 is 34.2 Å². The van der Waals surface area contributed by atoms with E-state index in [9.17, 15) is 29.4 Å². The Morgan fingerprint density at radius 3 is 2.32 bits per heavy atom. The zero-order valence-electron chi connectivity index (χ0n) is 26.9. The monoisotopic (exact) mass is 688 g/mol. The molecule has 3 fully saturated rings. The number of carboxylic acid groups (broad SMARTS) is 1. The number of carboxylic acids is 1. The third kappa shape index (κ3) is 4.56. The van der Waals surface area contributed by atoms with Crippen LogP contribution in [-0.2, 0) is 29.4 Å². The number of rotatable bonds is 7. The summed E-state index contributed by atoms with van der Waals surface area (Å²) in [7, 11) is 0. The van der Waals surface area contributed by atoms with Crippen molar-refractivity contribution in [2.75, 3.05) is 11.4 Å². The fraction of sp³-hybridized carbons (Fsp3) is 0.275. The lowest BCUT2D eigenvalue weighted by molar-refractivity contribution is -0.142. The third-order valence-corrected chi connectivity index (χ3v) is 11.5. The zero-order valence-corrected chi connectivity index (χ0v) is 27.6. The molecule has 8 rings (SSSR count). The van der Waals surface area contributed by atoms with Gasteiger partial charge in [0.25, 0.3) is 0 Å². The Balaban J connectivity index is 1.37. The number of likely N-dealkylation sites (tertiary alicyclic amines) is 1. The molecule has 2 N–H and O–H groups in total. The highest BCUT2D eigenvalue weighted by Gasteiger charge is 2.70. The number of aliphatic carboxylic acids is 1. The normalized spacial score (nSPS) is 27.3. The number of allylic oxidation sites excluding steroid dienone is 2. The van der Waals surface area contributed by atoms with Crippen molar-refractivity contribution in [2.45, 2.75) is 37.0 Å². The Labute approximate surface area is 292 Å². The Hall–Kier alpha value is -5.28. The average molecular weight is 689 g/mol. The summed E-state index contributed by atoms with van der Waals surface area (Å²) in [4.78, 5) is 71.9. The number of anilines is 1. The van der Waals surface area contributed by atoms with Gasteiger partial charge in [-0.25, -0.2) is 4.90 Å². The van der Waals surface area contributed by atoms with Crippen LogP contribution in [0.2, 0.25) is 5.02 Å². The minimum Gasteiger partial charge on any atom is -0.507 e. The molecule has 2 saturated heterocycles. The standard InChI is InChI=1S/C40H33ClN2O7/c41-23-10-6-11-24(20-23)43-37(48)31-21-30-28(15-16-29-34(30)38(49)42(36(29)47)19-7-14-33(45)46)35(40(31,39(43)50)22-8-2-1-3-9-22)27-17-18-32(44)26-13-5-4-12-25(26)27/h1-6,8-13,15,17-18,20,29-31,34-35,44H,7,14,16,19,21H2,(H,45,46). The van der Waals surface area contributed by atoms with Gasteiger partial charge in [-0.2, -0.15) is 0 Å². The van der Waals surface area contributed by atoms with Crippen LogP contribution in [-0.4, -0.2) is 51.3 Å². The first-order chi connectivity index (χ1) is 24.1. The van der Waals surface area contributed by atoms with Crippen LogP contribution in [0.3, 0.4) is 0 Å². The first kappa shape index (κ1) is 32.0. The van der Waals surface area contributed by atoms with Gasteiger partial charge in [0.1, 0.15) is 5.75 Å². The zero-order chi connectivity index (χ0) is 34.9. The highest BCUT2D eigenvalue weighted by atomic mass is 35.5. The number of nitrogens with zero attached hydrogens (tertiary/aromatic N) is 2. The molecule has 0 spiro atoms. The van der Waals surface area contributed by atoms with Gasteiger partial charge in [-0.1, -0.05) is 90.0 Å². The number of hydrogen-bond donors (Lipinski definition) is 2. The number of carbonyl (C=O) groups is 5. The van der Waals surface area contributed by atoms with Crippen molar-refractivity contribution in [1.29, 1.82) is 0 Å². The molecule has 0 bridgehead atoms. The molecule has 6 atom stereocenters. The number of fused-ring (bicyclic) bond motifs is 5. The number of halogens is 1. The first-order valence-electron chi connectivity index (χ1n) is 16.8. The van der Waals surface area contributed by atoms with Crippen LogP contribution in [0.4, 0.5) is 5.69 Å². The van der Waals surface area contributed by atoms with E-state index in [0.717, 1.165) is 11.1 Å². The van der Waals surface area contributed by atoms with Gasteiger partial charge in [-0.05, 0) is 66.0 Å². The highest BCUT2D eigenvalue weighted by Crippen LogP contribution is 2.65. The van der Waals surface area contributed by atoms with Crippen molar-refractivity contribution in [3.8, 4) is 5.75 Å². The summed E-state index contributed by atoms with van der Waals surface area (Å²) < 4.78 is 0. The van der Waals surface area contributed by atoms with Crippen LogP contribution in [0.1, 0.15) is 42.7 Å². The predicted octanol–water partition coefficient (Wildman–Crippen LogP) is 6.23. The number of aromatic hydroxyl groups is 1. The van der Waals surface area contributed by atoms with Gasteiger partial charge in [0.05, 0.1) is 28.9 Å². The van der Waals surface area contributed by atoms with Crippen LogP contribution in [0.25, 0.3) is 10.8 Å². The molecule has 0 radical (unpaired) electrons. The second kappa shape index (κ2) is 11.9. The van der Waals surface area contributed by atoms with Crippen molar-refractivity contribution >= 4 is 57.7 Å². The fourth-order valence-electron chi connectivity index (χ4n) is 9.32. The second-order valence-corrected chi connectivity index (χ2v) is 14.1. The van der Waals surface area contributed by atoms with Gasteiger partial charge < -0.3 is 10.2 Å². The van der Waals surface area contributed by atoms with E-state index in [1.165, 1.54) is 9.80 Å².